The summed E-state index contributed by atoms with van der Waals surface area (Å²) in [6.45, 7) is 7.29. The summed E-state index contributed by atoms with van der Waals surface area (Å²) >= 11 is 0. The van der Waals surface area contributed by atoms with E-state index in [4.69, 9.17) is 20.6 Å². The smallest absolute Gasteiger partial charge is 0.475 e. The van der Waals surface area contributed by atoms with Crippen LogP contribution in [0.2, 0.25) is 0 Å². The number of alkyl halides is 3. The lowest BCUT2D eigenvalue weighted by Gasteiger charge is -2.28. The summed E-state index contributed by atoms with van der Waals surface area (Å²) in [5.41, 5.74) is 7.10. The Balaban J connectivity index is 0.000000587. The third kappa shape index (κ3) is 7.84. The minimum absolute atomic E-state index is 0.188. The molecule has 0 aliphatic carbocycles. The van der Waals surface area contributed by atoms with Gasteiger partial charge in [0, 0.05) is 39.3 Å². The Labute approximate surface area is 232 Å². The van der Waals surface area contributed by atoms with Gasteiger partial charge in [-0.05, 0) is 25.8 Å². The molecule has 41 heavy (non-hydrogen) atoms. The number of primary amides is 1. The van der Waals surface area contributed by atoms with Crippen LogP contribution in [0.4, 0.5) is 19.1 Å². The second kappa shape index (κ2) is 13.3. The van der Waals surface area contributed by atoms with E-state index in [0.29, 0.717) is 24.4 Å². The molecular formula is C26H32F3N7O5. The first-order valence-electron chi connectivity index (χ1n) is 12.8. The number of rotatable bonds is 8. The summed E-state index contributed by atoms with van der Waals surface area (Å²) in [4.78, 5) is 54.6. The second-order valence-electron chi connectivity index (χ2n) is 9.54. The first-order chi connectivity index (χ1) is 19.3. The summed E-state index contributed by atoms with van der Waals surface area (Å²) in [6, 6.07) is 9.66. The van der Waals surface area contributed by atoms with Crippen molar-refractivity contribution >= 4 is 29.0 Å². The van der Waals surface area contributed by atoms with Crippen LogP contribution in [0.3, 0.4) is 0 Å². The highest BCUT2D eigenvalue weighted by atomic mass is 19.4. The molecule has 12 nitrogen and oxygen atoms in total. The topological polar surface area (TPSA) is 157 Å². The van der Waals surface area contributed by atoms with E-state index in [1.54, 1.807) is 0 Å². The Hall–Kier alpha value is -4.40. The molecule has 3 heterocycles. The number of aromatic nitrogens is 4. The summed E-state index contributed by atoms with van der Waals surface area (Å²) in [5, 5.41) is 10.4. The minimum atomic E-state index is -5.08. The van der Waals surface area contributed by atoms with Gasteiger partial charge in [-0.3, -0.25) is 18.7 Å². The maximum Gasteiger partial charge on any atom is 0.490 e. The summed E-state index contributed by atoms with van der Waals surface area (Å²) in [5.74, 6) is -2.81. The number of aryl methyl sites for hydroxylation is 1. The van der Waals surface area contributed by atoms with Gasteiger partial charge in [-0.25, -0.2) is 9.59 Å². The monoisotopic (exact) mass is 579 g/mol. The number of carboxylic acids is 1. The number of fused-ring (bicyclic) bond motifs is 1. The molecule has 4 rings (SSSR count). The fourth-order valence-corrected chi connectivity index (χ4v) is 4.21. The first-order valence-corrected chi connectivity index (χ1v) is 12.8. The van der Waals surface area contributed by atoms with Crippen molar-refractivity contribution in [3.05, 3.63) is 68.4 Å². The number of benzene rings is 1. The number of carbonyl (C=O) groups excluding carboxylic acids is 1. The zero-order valence-electron chi connectivity index (χ0n) is 22.6. The predicted molar refractivity (Wildman–Crippen MR) is 146 cm³/mol. The van der Waals surface area contributed by atoms with Crippen LogP contribution >= 0.6 is 0 Å². The number of aliphatic carboxylic acids is 1. The van der Waals surface area contributed by atoms with Gasteiger partial charge < -0.3 is 25.6 Å². The number of hydrogen-bond donors (Lipinski definition) is 3. The van der Waals surface area contributed by atoms with Crippen LogP contribution in [-0.4, -0.2) is 68.0 Å². The number of halogens is 3. The lowest BCUT2D eigenvalue weighted by atomic mass is 10.1. The highest BCUT2D eigenvalue weighted by Crippen LogP contribution is 2.21. The number of allylic oxidation sites excluding steroid dienone is 2. The van der Waals surface area contributed by atoms with Crippen LogP contribution in [0.1, 0.15) is 19.4 Å². The lowest BCUT2D eigenvalue weighted by Crippen LogP contribution is -2.44. The van der Waals surface area contributed by atoms with Gasteiger partial charge in [0.05, 0.1) is 0 Å². The Bertz CT molecular complexity index is 1530. The zero-order chi connectivity index (χ0) is 30.3. The van der Waals surface area contributed by atoms with Crippen molar-refractivity contribution in [2.75, 3.05) is 31.1 Å². The normalized spacial score (nSPS) is 13.4. The van der Waals surface area contributed by atoms with Gasteiger partial charge in [0.2, 0.25) is 11.9 Å². The van der Waals surface area contributed by atoms with Crippen molar-refractivity contribution in [1.82, 2.24) is 24.0 Å². The molecule has 2 aromatic heterocycles. The number of nitrogens with zero attached hydrogens (tertiary/aromatic N) is 5. The average Bonchev–Trinajstić information content (AvgIpc) is 3.30. The van der Waals surface area contributed by atoms with Gasteiger partial charge in [0.1, 0.15) is 6.54 Å². The van der Waals surface area contributed by atoms with Crippen molar-refractivity contribution in [2.24, 2.45) is 5.73 Å². The average molecular weight is 580 g/mol. The maximum absolute atomic E-state index is 13.7. The SMILES string of the molecule is CC(C)=CCn1c(N2CCNCC2)nc2c1c(=O)n(CCc1ccccc1)c(=O)n2CC(N)=O.O=C(O)C(F)(F)F. The molecule has 1 saturated heterocycles. The quantitative estimate of drug-likeness (QED) is 0.335. The fourth-order valence-electron chi connectivity index (χ4n) is 4.21. The number of piperazine rings is 1. The van der Waals surface area contributed by atoms with E-state index in [-0.39, 0.29) is 18.7 Å². The van der Waals surface area contributed by atoms with Gasteiger partial charge in [0.25, 0.3) is 5.56 Å². The van der Waals surface area contributed by atoms with E-state index in [1.165, 1.54) is 9.13 Å². The van der Waals surface area contributed by atoms with Gasteiger partial charge in [-0.1, -0.05) is 42.0 Å². The van der Waals surface area contributed by atoms with Crippen molar-refractivity contribution in [2.45, 2.75) is 46.1 Å². The molecule has 3 aromatic rings. The molecule has 1 aliphatic heterocycles. The van der Waals surface area contributed by atoms with E-state index >= 15 is 0 Å². The number of amides is 1. The first kappa shape index (κ1) is 31.1. The van der Waals surface area contributed by atoms with Crippen molar-refractivity contribution in [1.29, 1.82) is 0 Å². The Morgan fingerprint density at radius 3 is 2.22 bits per heavy atom. The number of carbonyl (C=O) groups is 2. The molecule has 0 saturated carbocycles. The van der Waals surface area contributed by atoms with Gasteiger partial charge >= 0.3 is 17.8 Å². The highest BCUT2D eigenvalue weighted by molar-refractivity contribution is 5.79. The van der Waals surface area contributed by atoms with Crippen LogP contribution < -0.4 is 27.2 Å². The summed E-state index contributed by atoms with van der Waals surface area (Å²) in [7, 11) is 0. The molecule has 1 aromatic carbocycles. The van der Waals surface area contributed by atoms with Crippen LogP contribution in [-0.2, 0) is 35.6 Å². The van der Waals surface area contributed by atoms with Crippen LogP contribution in [0.5, 0.6) is 0 Å². The van der Waals surface area contributed by atoms with Gasteiger partial charge in [0.15, 0.2) is 11.2 Å². The molecule has 0 bridgehead atoms. The number of nitrogens with one attached hydrogen (secondary N) is 1. The largest absolute Gasteiger partial charge is 0.490 e. The molecule has 1 fully saturated rings. The molecule has 0 atom stereocenters. The maximum atomic E-state index is 13.7. The van der Waals surface area contributed by atoms with Crippen LogP contribution in [0.25, 0.3) is 11.2 Å². The molecule has 0 radical (unpaired) electrons. The van der Waals surface area contributed by atoms with E-state index in [1.807, 2.05) is 54.8 Å². The van der Waals surface area contributed by atoms with Crippen molar-refractivity contribution < 1.29 is 27.9 Å². The van der Waals surface area contributed by atoms with Gasteiger partial charge in [-0.2, -0.15) is 18.2 Å². The number of hydrogen-bond acceptors (Lipinski definition) is 7. The lowest BCUT2D eigenvalue weighted by molar-refractivity contribution is -0.192. The van der Waals surface area contributed by atoms with E-state index < -0.39 is 29.3 Å². The Morgan fingerprint density at radius 1 is 1.07 bits per heavy atom. The minimum Gasteiger partial charge on any atom is -0.475 e. The predicted octanol–water partition coefficient (Wildman–Crippen LogP) is 1.10. The molecule has 1 aliphatic rings. The standard InChI is InChI=1S/C24H31N7O3.C2HF3O2/c1-17(2)8-12-29-20-21(27-23(29)28-14-10-26-11-15-28)31(16-19(25)32)24(34)30(22(20)33)13-9-18-6-4-3-5-7-18;3-2(4,5)1(6)7/h3-8,26H,9-16H2,1-2H3,(H2,25,32);(H,6,7). The molecular weight excluding hydrogens is 547 g/mol. The molecule has 4 N–H and O–H groups in total. The number of imidazole rings is 1. The summed E-state index contributed by atoms with van der Waals surface area (Å²) < 4.78 is 36.0. The molecule has 0 unspecified atom stereocenters. The zero-order valence-corrected chi connectivity index (χ0v) is 22.6. The third-order valence-corrected chi connectivity index (χ3v) is 6.20. The Kier molecular flexibility index (Phi) is 10.1. The van der Waals surface area contributed by atoms with Crippen molar-refractivity contribution in [3.63, 3.8) is 0 Å². The molecule has 15 heteroatoms. The molecule has 222 valence electrons. The number of anilines is 1. The summed E-state index contributed by atoms with van der Waals surface area (Å²) in [6.07, 6.45) is -2.56. The second-order valence-corrected chi connectivity index (χ2v) is 9.54. The molecule has 1 amide bonds. The Morgan fingerprint density at radius 2 is 1.68 bits per heavy atom. The van der Waals surface area contributed by atoms with Crippen molar-refractivity contribution in [3.8, 4) is 0 Å². The van der Waals surface area contributed by atoms with Crippen LogP contribution in [0, 0.1) is 0 Å². The van der Waals surface area contributed by atoms with Gasteiger partial charge in [-0.15, -0.1) is 0 Å². The molecule has 0 spiro atoms. The fraction of sp³-hybridized carbons (Fsp3) is 0.423. The number of nitrogens with two attached hydrogens (primary N) is 1. The van der Waals surface area contributed by atoms with E-state index in [0.717, 1.165) is 37.3 Å². The number of carboxylic acid groups (broad SMARTS) is 1. The van der Waals surface area contributed by atoms with Crippen LogP contribution in [0.15, 0.2) is 51.6 Å². The highest BCUT2D eigenvalue weighted by Gasteiger charge is 2.38. The van der Waals surface area contributed by atoms with E-state index in [2.05, 4.69) is 10.2 Å². The third-order valence-electron chi connectivity index (χ3n) is 6.20. The van der Waals surface area contributed by atoms with E-state index in [9.17, 15) is 27.6 Å².